The Morgan fingerprint density at radius 2 is 0.750 bits per heavy atom. The van der Waals surface area contributed by atoms with E-state index < -0.39 is 0 Å². The summed E-state index contributed by atoms with van der Waals surface area (Å²) in [6.07, 6.45) is 12.8. The van der Waals surface area contributed by atoms with E-state index in [9.17, 15) is 0 Å². The van der Waals surface area contributed by atoms with E-state index in [1.807, 2.05) is 27.7 Å². The second kappa shape index (κ2) is 84.0. The van der Waals surface area contributed by atoms with E-state index in [0.29, 0.717) is 0 Å². The third-order valence-corrected chi connectivity index (χ3v) is 4.15. The summed E-state index contributed by atoms with van der Waals surface area (Å²) in [5, 5.41) is 0. The summed E-state index contributed by atoms with van der Waals surface area (Å²) >= 11 is 0. The highest BCUT2D eigenvalue weighted by molar-refractivity contribution is 4.50. The molecule has 0 spiro atoms. The van der Waals surface area contributed by atoms with E-state index in [2.05, 4.69) is 94.2 Å². The third-order valence-electron chi connectivity index (χ3n) is 4.15. The van der Waals surface area contributed by atoms with E-state index >= 15 is 0 Å². The topological polar surface area (TPSA) is 18.5 Å². The molecule has 0 N–H and O–H groups in total. The molecule has 0 bridgehead atoms. The highest BCUT2D eigenvalue weighted by Crippen LogP contribution is 2.06. The molecule has 0 aromatic carbocycles. The maximum Gasteiger partial charge on any atom is 0.0491 e. The van der Waals surface area contributed by atoms with Crippen LogP contribution in [0.3, 0.4) is 0 Å². The largest absolute Gasteiger partial charge is 0.381 e. The second-order valence-electron chi connectivity index (χ2n) is 7.35. The molecule has 0 saturated carbocycles. The molecular weight excluding hydrogens is 440 g/mol. The summed E-state index contributed by atoms with van der Waals surface area (Å²) in [6.45, 7) is 49.3. The standard InChI is InChI=1S/C12H26O.C10H22O.2C2H6.4C2H4/c1-4-6-7-8-10-13-11-12(3)9-5-2;1-4-6-8-11-9-10(3)7-5-2;6*1-2/h12H,4-11H2,1-3H3;10H,4-9H2,1-3H3;2*1-2H3;4*1-2H2. The van der Waals surface area contributed by atoms with Crippen molar-refractivity contribution in [2.24, 2.45) is 11.8 Å². The Morgan fingerprint density at radius 3 is 1.03 bits per heavy atom. The Hall–Kier alpha value is -1.12. The fourth-order valence-corrected chi connectivity index (χ4v) is 2.60. The average molecular weight is 517 g/mol. The molecule has 2 heteroatoms. The zero-order valence-corrected chi connectivity index (χ0v) is 27.5. The fraction of sp³-hybridized carbons (Fsp3) is 0.765. The van der Waals surface area contributed by atoms with Crippen LogP contribution in [0.1, 0.15) is 133 Å². The molecule has 0 saturated heterocycles. The summed E-state index contributed by atoms with van der Waals surface area (Å²) in [5.74, 6) is 1.49. The van der Waals surface area contributed by atoms with Crippen LogP contribution in [0.4, 0.5) is 0 Å². The first-order chi connectivity index (χ1) is 17.6. The van der Waals surface area contributed by atoms with Crippen molar-refractivity contribution in [2.75, 3.05) is 26.4 Å². The molecule has 36 heavy (non-hydrogen) atoms. The average Bonchev–Trinajstić information content (AvgIpc) is 2.96. The number of hydrogen-bond donors (Lipinski definition) is 0. The van der Waals surface area contributed by atoms with E-state index in [4.69, 9.17) is 9.47 Å². The summed E-state index contributed by atoms with van der Waals surface area (Å²) in [6, 6.07) is 0. The van der Waals surface area contributed by atoms with Gasteiger partial charge in [0.15, 0.2) is 0 Å². The van der Waals surface area contributed by atoms with Gasteiger partial charge in [-0.3, -0.25) is 0 Å². The zero-order valence-electron chi connectivity index (χ0n) is 27.5. The van der Waals surface area contributed by atoms with Crippen LogP contribution in [0.5, 0.6) is 0 Å². The van der Waals surface area contributed by atoms with Crippen LogP contribution < -0.4 is 0 Å². The first kappa shape index (κ1) is 55.4. The molecule has 0 aliphatic rings. The lowest BCUT2D eigenvalue weighted by Crippen LogP contribution is -2.06. The van der Waals surface area contributed by atoms with E-state index in [-0.39, 0.29) is 0 Å². The van der Waals surface area contributed by atoms with Gasteiger partial charge in [0.05, 0.1) is 0 Å². The van der Waals surface area contributed by atoms with Gasteiger partial charge < -0.3 is 9.47 Å². The van der Waals surface area contributed by atoms with Crippen LogP contribution in [-0.4, -0.2) is 26.4 Å². The normalized spacial score (nSPS) is 9.61. The Labute approximate surface area is 233 Å². The lowest BCUT2D eigenvalue weighted by atomic mass is 10.1. The van der Waals surface area contributed by atoms with Crippen molar-refractivity contribution in [2.45, 2.75) is 133 Å². The minimum Gasteiger partial charge on any atom is -0.381 e. The molecule has 0 heterocycles. The molecule has 224 valence electrons. The van der Waals surface area contributed by atoms with E-state index in [1.54, 1.807) is 0 Å². The van der Waals surface area contributed by atoms with E-state index in [1.165, 1.54) is 64.2 Å². The molecule has 2 unspecified atom stereocenters. The highest BCUT2D eigenvalue weighted by Gasteiger charge is 2.00. The van der Waals surface area contributed by atoms with E-state index in [0.717, 1.165) is 38.3 Å². The molecule has 2 nitrogen and oxygen atoms in total. The Kier molecular flexibility index (Phi) is 129. The lowest BCUT2D eigenvalue weighted by molar-refractivity contribution is 0.0984. The van der Waals surface area contributed by atoms with Crippen LogP contribution in [0.15, 0.2) is 52.6 Å². The van der Waals surface area contributed by atoms with Gasteiger partial charge in [-0.25, -0.2) is 0 Å². The summed E-state index contributed by atoms with van der Waals surface area (Å²) in [4.78, 5) is 0. The van der Waals surface area contributed by atoms with Crippen LogP contribution in [0.2, 0.25) is 0 Å². The zero-order chi connectivity index (χ0) is 30.5. The molecule has 2 atom stereocenters. The molecule has 0 amide bonds. The van der Waals surface area contributed by atoms with Gasteiger partial charge >= 0.3 is 0 Å². The van der Waals surface area contributed by atoms with Crippen molar-refractivity contribution in [3.8, 4) is 0 Å². The Bertz CT molecular complexity index is 248. The summed E-state index contributed by atoms with van der Waals surface area (Å²) in [7, 11) is 0. The summed E-state index contributed by atoms with van der Waals surface area (Å²) in [5.41, 5.74) is 0. The van der Waals surface area contributed by atoms with Gasteiger partial charge in [-0.2, -0.15) is 0 Å². The van der Waals surface area contributed by atoms with Crippen molar-refractivity contribution in [3.05, 3.63) is 52.6 Å². The first-order valence-electron chi connectivity index (χ1n) is 14.8. The summed E-state index contributed by atoms with van der Waals surface area (Å²) < 4.78 is 11.1. The van der Waals surface area contributed by atoms with Gasteiger partial charge in [-0.1, -0.05) is 108 Å². The maximum atomic E-state index is 5.59. The lowest BCUT2D eigenvalue weighted by Gasteiger charge is -2.10. The van der Waals surface area contributed by atoms with Crippen molar-refractivity contribution >= 4 is 0 Å². The Balaban J connectivity index is -0.0000000512. The Morgan fingerprint density at radius 1 is 0.444 bits per heavy atom. The molecule has 0 radical (unpaired) electrons. The quantitative estimate of drug-likeness (QED) is 0.150. The van der Waals surface area contributed by atoms with Gasteiger partial charge in [-0.05, 0) is 37.5 Å². The first-order valence-corrected chi connectivity index (χ1v) is 14.8. The number of ether oxygens (including phenoxy) is 2. The monoisotopic (exact) mass is 517 g/mol. The highest BCUT2D eigenvalue weighted by atomic mass is 16.5. The molecule has 0 rings (SSSR count). The number of rotatable bonds is 16. The van der Waals surface area contributed by atoms with Gasteiger partial charge in [0, 0.05) is 26.4 Å². The van der Waals surface area contributed by atoms with Crippen molar-refractivity contribution < 1.29 is 9.47 Å². The SMILES string of the molecule is C=C.C=C.C=C.C=C.CC.CC.CCCCCCOCC(C)CCC.CCCCOCC(C)CCC. The van der Waals surface area contributed by atoms with Crippen LogP contribution in [0.25, 0.3) is 0 Å². The van der Waals surface area contributed by atoms with Crippen LogP contribution in [-0.2, 0) is 9.47 Å². The molecule has 0 aliphatic heterocycles. The molecule has 0 fully saturated rings. The number of hydrogen-bond acceptors (Lipinski definition) is 2. The smallest absolute Gasteiger partial charge is 0.0491 e. The maximum absolute atomic E-state index is 5.59. The van der Waals surface area contributed by atoms with Gasteiger partial charge in [0.1, 0.15) is 0 Å². The van der Waals surface area contributed by atoms with Crippen LogP contribution in [0, 0.1) is 11.8 Å². The van der Waals surface area contributed by atoms with Gasteiger partial charge in [0.2, 0.25) is 0 Å². The molecule has 0 aromatic rings. The molecule has 0 aliphatic carbocycles. The predicted molar refractivity (Wildman–Crippen MR) is 177 cm³/mol. The number of unbranched alkanes of at least 4 members (excludes halogenated alkanes) is 4. The predicted octanol–water partition coefficient (Wildman–Crippen LogP) is 12.5. The second-order valence-corrected chi connectivity index (χ2v) is 7.35. The van der Waals surface area contributed by atoms with Crippen molar-refractivity contribution in [1.29, 1.82) is 0 Å². The minimum atomic E-state index is 0.746. The van der Waals surface area contributed by atoms with Crippen molar-refractivity contribution in [3.63, 3.8) is 0 Å². The molecule has 0 aromatic heterocycles. The van der Waals surface area contributed by atoms with Crippen molar-refractivity contribution in [1.82, 2.24) is 0 Å². The van der Waals surface area contributed by atoms with Gasteiger partial charge in [-0.15, -0.1) is 52.6 Å². The van der Waals surface area contributed by atoms with Gasteiger partial charge in [0.25, 0.3) is 0 Å². The third kappa shape index (κ3) is 93.7. The fourth-order valence-electron chi connectivity index (χ4n) is 2.60. The van der Waals surface area contributed by atoms with Crippen LogP contribution >= 0.6 is 0 Å². The minimum absolute atomic E-state index is 0.746. The molecular formula is C34H76O2.